The number of likely N-dealkylation sites (tertiary alicyclic amines) is 1. The molecule has 1 aromatic rings. The minimum absolute atomic E-state index is 0.309. The predicted molar refractivity (Wildman–Crippen MR) is 86.7 cm³/mol. The van der Waals surface area contributed by atoms with E-state index in [0.29, 0.717) is 11.5 Å². The fraction of sp³-hybridized carbons (Fsp3) is 0.667. The molecule has 0 radical (unpaired) electrons. The standard InChI is InChI=1S/C18H30N2/c1-18(2,15-19)12-6-7-13-20-14-8-11-17(20)16-9-4-3-5-10-16/h3-5,9-10,17H,6-8,11-15,19H2,1-2H3. The maximum absolute atomic E-state index is 5.80. The molecule has 112 valence electrons. The highest BCUT2D eigenvalue weighted by Gasteiger charge is 2.25. The first kappa shape index (κ1) is 15.5. The van der Waals surface area contributed by atoms with Crippen molar-refractivity contribution in [3.05, 3.63) is 35.9 Å². The Kier molecular flexibility index (Phi) is 5.62. The van der Waals surface area contributed by atoms with Gasteiger partial charge in [0.15, 0.2) is 0 Å². The van der Waals surface area contributed by atoms with Crippen LogP contribution in [0.25, 0.3) is 0 Å². The second-order valence-electron chi connectivity index (χ2n) is 6.93. The molecule has 2 N–H and O–H groups in total. The topological polar surface area (TPSA) is 29.3 Å². The van der Waals surface area contributed by atoms with Crippen LogP contribution in [0.2, 0.25) is 0 Å². The Bertz CT molecular complexity index is 386. The lowest BCUT2D eigenvalue weighted by Gasteiger charge is -2.26. The van der Waals surface area contributed by atoms with Crippen molar-refractivity contribution < 1.29 is 0 Å². The normalized spacial score (nSPS) is 20.4. The summed E-state index contributed by atoms with van der Waals surface area (Å²) in [6.45, 7) is 7.84. The highest BCUT2D eigenvalue weighted by Crippen LogP contribution is 2.32. The van der Waals surface area contributed by atoms with Gasteiger partial charge in [-0.2, -0.15) is 0 Å². The highest BCUT2D eigenvalue weighted by molar-refractivity contribution is 5.19. The summed E-state index contributed by atoms with van der Waals surface area (Å²) < 4.78 is 0. The lowest BCUT2D eigenvalue weighted by molar-refractivity contribution is 0.241. The van der Waals surface area contributed by atoms with Crippen molar-refractivity contribution in [2.24, 2.45) is 11.1 Å². The first-order valence-corrected chi connectivity index (χ1v) is 8.11. The van der Waals surface area contributed by atoms with Gasteiger partial charge in [-0.3, -0.25) is 4.90 Å². The molecule has 2 rings (SSSR count). The molecular weight excluding hydrogens is 244 g/mol. The highest BCUT2D eigenvalue weighted by atomic mass is 15.2. The quantitative estimate of drug-likeness (QED) is 0.762. The molecule has 1 aliphatic rings. The number of unbranched alkanes of at least 4 members (excludes halogenated alkanes) is 1. The summed E-state index contributed by atoms with van der Waals surface area (Å²) >= 11 is 0. The molecule has 0 amide bonds. The van der Waals surface area contributed by atoms with Crippen LogP contribution in [0, 0.1) is 5.41 Å². The van der Waals surface area contributed by atoms with Gasteiger partial charge in [-0.1, -0.05) is 50.6 Å². The summed E-state index contributed by atoms with van der Waals surface area (Å²) in [5.41, 5.74) is 7.60. The van der Waals surface area contributed by atoms with Crippen molar-refractivity contribution in [1.29, 1.82) is 0 Å². The zero-order valence-electron chi connectivity index (χ0n) is 13.1. The van der Waals surface area contributed by atoms with Gasteiger partial charge in [0.05, 0.1) is 0 Å². The van der Waals surface area contributed by atoms with Gasteiger partial charge in [0.1, 0.15) is 0 Å². The van der Waals surface area contributed by atoms with Gasteiger partial charge in [0.2, 0.25) is 0 Å². The van der Waals surface area contributed by atoms with Crippen LogP contribution in [0.1, 0.15) is 57.6 Å². The van der Waals surface area contributed by atoms with Gasteiger partial charge in [0.25, 0.3) is 0 Å². The maximum Gasteiger partial charge on any atom is 0.0348 e. The SMILES string of the molecule is CC(C)(CN)CCCCN1CCCC1c1ccccc1. The van der Waals surface area contributed by atoms with Crippen LogP contribution in [0.3, 0.4) is 0 Å². The lowest BCUT2D eigenvalue weighted by atomic mass is 9.87. The average Bonchev–Trinajstić information content (AvgIpc) is 2.93. The molecule has 2 heteroatoms. The van der Waals surface area contributed by atoms with Gasteiger partial charge in [-0.25, -0.2) is 0 Å². The van der Waals surface area contributed by atoms with E-state index in [1.54, 1.807) is 0 Å². The summed E-state index contributed by atoms with van der Waals surface area (Å²) in [5, 5.41) is 0. The van der Waals surface area contributed by atoms with Crippen LogP contribution in [0.15, 0.2) is 30.3 Å². The molecule has 20 heavy (non-hydrogen) atoms. The average molecular weight is 274 g/mol. The van der Waals surface area contributed by atoms with Crippen molar-refractivity contribution in [2.45, 2.75) is 52.0 Å². The molecule has 1 aromatic carbocycles. The third-order valence-corrected chi connectivity index (χ3v) is 4.65. The fourth-order valence-electron chi connectivity index (χ4n) is 3.17. The molecule has 0 aliphatic carbocycles. The third-order valence-electron chi connectivity index (χ3n) is 4.65. The van der Waals surface area contributed by atoms with Crippen LogP contribution in [0.5, 0.6) is 0 Å². The van der Waals surface area contributed by atoms with Gasteiger partial charge >= 0.3 is 0 Å². The van der Waals surface area contributed by atoms with Crippen molar-refractivity contribution in [1.82, 2.24) is 4.90 Å². The summed E-state index contributed by atoms with van der Waals surface area (Å²) in [6.07, 6.45) is 6.49. The Morgan fingerprint density at radius 1 is 1.20 bits per heavy atom. The van der Waals surface area contributed by atoms with E-state index in [1.165, 1.54) is 50.8 Å². The van der Waals surface area contributed by atoms with Crippen molar-refractivity contribution in [3.8, 4) is 0 Å². The Morgan fingerprint density at radius 2 is 1.95 bits per heavy atom. The molecule has 1 unspecified atom stereocenters. The molecule has 1 fully saturated rings. The molecule has 2 nitrogen and oxygen atoms in total. The number of nitrogens with two attached hydrogens (primary N) is 1. The Hall–Kier alpha value is -0.860. The van der Waals surface area contributed by atoms with E-state index >= 15 is 0 Å². The molecule has 1 saturated heterocycles. The van der Waals surface area contributed by atoms with E-state index in [1.807, 2.05) is 0 Å². The van der Waals surface area contributed by atoms with Gasteiger partial charge in [-0.05, 0) is 56.3 Å². The first-order chi connectivity index (χ1) is 9.62. The summed E-state index contributed by atoms with van der Waals surface area (Å²) in [7, 11) is 0. The van der Waals surface area contributed by atoms with Crippen molar-refractivity contribution in [2.75, 3.05) is 19.6 Å². The van der Waals surface area contributed by atoms with E-state index in [4.69, 9.17) is 5.73 Å². The molecule has 0 bridgehead atoms. The minimum atomic E-state index is 0.309. The fourth-order valence-corrected chi connectivity index (χ4v) is 3.17. The van der Waals surface area contributed by atoms with E-state index in [0.717, 1.165) is 6.54 Å². The van der Waals surface area contributed by atoms with E-state index in [9.17, 15) is 0 Å². The zero-order chi connectivity index (χ0) is 14.4. The van der Waals surface area contributed by atoms with Crippen LogP contribution >= 0.6 is 0 Å². The summed E-state index contributed by atoms with van der Waals surface area (Å²) in [4.78, 5) is 2.67. The van der Waals surface area contributed by atoms with Gasteiger partial charge in [-0.15, -0.1) is 0 Å². The first-order valence-electron chi connectivity index (χ1n) is 8.11. The molecule has 1 heterocycles. The minimum Gasteiger partial charge on any atom is -0.330 e. The Morgan fingerprint density at radius 3 is 2.65 bits per heavy atom. The van der Waals surface area contributed by atoms with Crippen molar-refractivity contribution in [3.63, 3.8) is 0 Å². The second kappa shape index (κ2) is 7.24. The summed E-state index contributed by atoms with van der Waals surface area (Å²) in [6, 6.07) is 11.6. The lowest BCUT2D eigenvalue weighted by Crippen LogP contribution is -2.26. The second-order valence-corrected chi connectivity index (χ2v) is 6.93. The Balaban J connectivity index is 1.78. The van der Waals surface area contributed by atoms with E-state index in [2.05, 4.69) is 49.1 Å². The number of nitrogens with zero attached hydrogens (tertiary/aromatic N) is 1. The molecule has 0 saturated carbocycles. The number of hydrogen-bond acceptors (Lipinski definition) is 2. The number of benzene rings is 1. The zero-order valence-corrected chi connectivity index (χ0v) is 13.1. The molecule has 1 aliphatic heterocycles. The van der Waals surface area contributed by atoms with Crippen LogP contribution in [-0.4, -0.2) is 24.5 Å². The van der Waals surface area contributed by atoms with Crippen LogP contribution in [0.4, 0.5) is 0 Å². The van der Waals surface area contributed by atoms with Gasteiger partial charge < -0.3 is 5.73 Å². The third kappa shape index (κ3) is 4.32. The maximum atomic E-state index is 5.80. The van der Waals surface area contributed by atoms with Crippen molar-refractivity contribution >= 4 is 0 Å². The summed E-state index contributed by atoms with van der Waals surface area (Å²) in [5.74, 6) is 0. The molecule has 0 aromatic heterocycles. The smallest absolute Gasteiger partial charge is 0.0348 e. The molecule has 1 atom stereocenters. The monoisotopic (exact) mass is 274 g/mol. The van der Waals surface area contributed by atoms with E-state index in [-0.39, 0.29) is 0 Å². The van der Waals surface area contributed by atoms with Crippen LogP contribution in [-0.2, 0) is 0 Å². The van der Waals surface area contributed by atoms with E-state index < -0.39 is 0 Å². The molecular formula is C18H30N2. The van der Waals surface area contributed by atoms with Gasteiger partial charge in [0, 0.05) is 6.04 Å². The predicted octanol–water partition coefficient (Wildman–Crippen LogP) is 3.98. The molecule has 0 spiro atoms. The largest absolute Gasteiger partial charge is 0.330 e. The Labute approximate surface area is 124 Å². The number of rotatable bonds is 7. The van der Waals surface area contributed by atoms with Crippen LogP contribution < -0.4 is 5.73 Å². The number of hydrogen-bond donors (Lipinski definition) is 1.